The maximum atomic E-state index is 12.9. The predicted octanol–water partition coefficient (Wildman–Crippen LogP) is 2.00. The summed E-state index contributed by atoms with van der Waals surface area (Å²) in [4.78, 5) is 17.9. The lowest BCUT2D eigenvalue weighted by Gasteiger charge is -2.19. The van der Waals surface area contributed by atoms with Crippen LogP contribution < -0.4 is 9.46 Å². The summed E-state index contributed by atoms with van der Waals surface area (Å²) >= 11 is 0. The van der Waals surface area contributed by atoms with Crippen LogP contribution in [0, 0.1) is 0 Å². The van der Waals surface area contributed by atoms with Crippen molar-refractivity contribution < 1.29 is 22.7 Å². The van der Waals surface area contributed by atoms with Crippen molar-refractivity contribution in [1.29, 1.82) is 0 Å². The van der Waals surface area contributed by atoms with E-state index in [1.165, 1.54) is 36.5 Å². The molecule has 1 N–H and O–H groups in total. The summed E-state index contributed by atoms with van der Waals surface area (Å²) in [6, 6.07) is 7.61. The molecule has 8 nitrogen and oxygen atoms in total. The zero-order chi connectivity index (χ0) is 19.9. The summed E-state index contributed by atoms with van der Waals surface area (Å²) in [7, 11) is -0.911. The molecule has 0 fully saturated rings. The highest BCUT2D eigenvalue weighted by Crippen LogP contribution is 2.27. The minimum absolute atomic E-state index is 0.0745. The summed E-state index contributed by atoms with van der Waals surface area (Å²) in [6.45, 7) is 2.86. The van der Waals surface area contributed by atoms with Gasteiger partial charge in [0.25, 0.3) is 15.9 Å². The Kier molecular flexibility index (Phi) is 7.14. The summed E-state index contributed by atoms with van der Waals surface area (Å²) in [6.07, 6.45) is 2.86. The molecule has 1 aromatic heterocycles. The van der Waals surface area contributed by atoms with Gasteiger partial charge < -0.3 is 14.4 Å². The minimum atomic E-state index is -4.03. The Morgan fingerprint density at radius 2 is 2.00 bits per heavy atom. The Morgan fingerprint density at radius 1 is 1.26 bits per heavy atom. The molecule has 0 aliphatic carbocycles. The van der Waals surface area contributed by atoms with Crippen molar-refractivity contribution in [3.8, 4) is 5.75 Å². The molecule has 0 radical (unpaired) electrons. The van der Waals surface area contributed by atoms with E-state index in [0.29, 0.717) is 25.5 Å². The lowest BCUT2D eigenvalue weighted by molar-refractivity contribution is 0.0740. The molecule has 27 heavy (non-hydrogen) atoms. The number of carbonyl (C=O) groups is 1. The maximum Gasteiger partial charge on any atom is 0.262 e. The van der Waals surface area contributed by atoms with Crippen LogP contribution in [-0.2, 0) is 14.8 Å². The van der Waals surface area contributed by atoms with Crippen LogP contribution in [0.15, 0.2) is 47.6 Å². The molecule has 0 spiro atoms. The Morgan fingerprint density at radius 3 is 2.70 bits per heavy atom. The lowest BCUT2D eigenvalue weighted by atomic mass is 10.2. The molecular formula is C18H23N3O5S. The van der Waals surface area contributed by atoms with Crippen LogP contribution in [0.1, 0.15) is 17.3 Å². The summed E-state index contributed by atoms with van der Waals surface area (Å²) in [5, 5.41) is 0. The van der Waals surface area contributed by atoms with E-state index in [9.17, 15) is 13.2 Å². The minimum Gasteiger partial charge on any atom is -0.492 e. The monoisotopic (exact) mass is 393 g/mol. The van der Waals surface area contributed by atoms with Crippen molar-refractivity contribution >= 4 is 21.6 Å². The number of pyridine rings is 1. The quantitative estimate of drug-likeness (QED) is 0.700. The van der Waals surface area contributed by atoms with Gasteiger partial charge in [-0.25, -0.2) is 8.42 Å². The molecule has 2 rings (SSSR count). The number of likely N-dealkylation sites (N-methyl/N-ethyl adjacent to an activating group) is 1. The number of rotatable bonds is 9. The van der Waals surface area contributed by atoms with Crippen molar-refractivity contribution in [3.63, 3.8) is 0 Å². The number of nitrogens with one attached hydrogen (secondary N) is 1. The lowest BCUT2D eigenvalue weighted by Crippen LogP contribution is -2.31. The van der Waals surface area contributed by atoms with Gasteiger partial charge in [0.15, 0.2) is 0 Å². The molecule has 0 aliphatic rings. The number of amides is 1. The SMILES string of the molecule is CCOc1ccncc1NS(=O)(=O)c1ccccc1C(=O)N(C)CCOC. The third-order valence-corrected chi connectivity index (χ3v) is 5.13. The number of carbonyl (C=O) groups excluding carboxylic acids is 1. The number of hydrogen-bond donors (Lipinski definition) is 1. The van der Waals surface area contributed by atoms with Gasteiger partial charge in [-0.3, -0.25) is 14.5 Å². The van der Waals surface area contributed by atoms with Gasteiger partial charge >= 0.3 is 0 Å². The van der Waals surface area contributed by atoms with Gasteiger partial charge in [0.2, 0.25) is 0 Å². The van der Waals surface area contributed by atoms with E-state index in [1.807, 2.05) is 0 Å². The number of aromatic nitrogens is 1. The summed E-state index contributed by atoms with van der Waals surface area (Å²) in [5.74, 6) is -0.0543. The van der Waals surface area contributed by atoms with Crippen LogP contribution in [0.3, 0.4) is 0 Å². The van der Waals surface area contributed by atoms with Gasteiger partial charge in [-0.1, -0.05) is 12.1 Å². The van der Waals surface area contributed by atoms with Crippen molar-refractivity contribution in [2.45, 2.75) is 11.8 Å². The average Bonchev–Trinajstić information content (AvgIpc) is 2.67. The fourth-order valence-electron chi connectivity index (χ4n) is 2.35. The average molecular weight is 393 g/mol. The fraction of sp³-hybridized carbons (Fsp3) is 0.333. The van der Waals surface area contributed by atoms with Crippen LogP contribution in [0.25, 0.3) is 0 Å². The molecule has 9 heteroatoms. The second-order valence-corrected chi connectivity index (χ2v) is 7.28. The first-order valence-electron chi connectivity index (χ1n) is 8.33. The normalized spacial score (nSPS) is 11.1. The van der Waals surface area contributed by atoms with E-state index in [-0.39, 0.29) is 16.1 Å². The van der Waals surface area contributed by atoms with Crippen molar-refractivity contribution in [2.75, 3.05) is 38.6 Å². The molecule has 0 saturated heterocycles. The third kappa shape index (κ3) is 5.18. The van der Waals surface area contributed by atoms with Crippen molar-refractivity contribution in [2.24, 2.45) is 0 Å². The number of sulfonamides is 1. The fourth-order valence-corrected chi connectivity index (χ4v) is 3.61. The van der Waals surface area contributed by atoms with Gasteiger partial charge in [-0.2, -0.15) is 0 Å². The maximum absolute atomic E-state index is 12.9. The number of nitrogens with zero attached hydrogens (tertiary/aromatic N) is 2. The molecule has 2 aromatic rings. The summed E-state index contributed by atoms with van der Waals surface area (Å²) in [5.41, 5.74) is 0.278. The van der Waals surface area contributed by atoms with Crippen LogP contribution in [-0.4, -0.2) is 58.1 Å². The molecule has 1 aromatic carbocycles. The van der Waals surface area contributed by atoms with Gasteiger partial charge in [-0.05, 0) is 19.1 Å². The topological polar surface area (TPSA) is 97.8 Å². The number of benzene rings is 1. The molecule has 1 heterocycles. The molecule has 1 amide bonds. The smallest absolute Gasteiger partial charge is 0.262 e. The van der Waals surface area contributed by atoms with Gasteiger partial charge in [0.05, 0.1) is 25.0 Å². The molecule has 146 valence electrons. The van der Waals surface area contributed by atoms with E-state index in [0.717, 1.165) is 0 Å². The highest BCUT2D eigenvalue weighted by Gasteiger charge is 2.25. The number of anilines is 1. The van der Waals surface area contributed by atoms with Crippen molar-refractivity contribution in [3.05, 3.63) is 48.3 Å². The highest BCUT2D eigenvalue weighted by molar-refractivity contribution is 7.92. The zero-order valence-corrected chi connectivity index (χ0v) is 16.3. The first-order valence-corrected chi connectivity index (χ1v) is 9.82. The van der Waals surface area contributed by atoms with E-state index in [1.54, 1.807) is 32.2 Å². The van der Waals surface area contributed by atoms with Crippen LogP contribution >= 0.6 is 0 Å². The number of methoxy groups -OCH3 is 1. The molecule has 0 unspecified atom stereocenters. The van der Waals surface area contributed by atoms with E-state index in [4.69, 9.17) is 9.47 Å². The van der Waals surface area contributed by atoms with Gasteiger partial charge in [-0.15, -0.1) is 0 Å². The van der Waals surface area contributed by atoms with Crippen LogP contribution in [0.5, 0.6) is 5.75 Å². The Hall–Kier alpha value is -2.65. The van der Waals surface area contributed by atoms with Crippen LogP contribution in [0.2, 0.25) is 0 Å². The zero-order valence-electron chi connectivity index (χ0n) is 15.5. The Balaban J connectivity index is 2.36. The van der Waals surface area contributed by atoms with Crippen molar-refractivity contribution in [1.82, 2.24) is 9.88 Å². The molecule has 0 atom stereocenters. The predicted molar refractivity (Wildman–Crippen MR) is 101 cm³/mol. The molecule has 0 bridgehead atoms. The largest absolute Gasteiger partial charge is 0.492 e. The number of ether oxygens (including phenoxy) is 2. The Bertz CT molecular complexity index is 886. The second-order valence-electron chi connectivity index (χ2n) is 5.63. The highest BCUT2D eigenvalue weighted by atomic mass is 32.2. The van der Waals surface area contributed by atoms with E-state index < -0.39 is 15.9 Å². The van der Waals surface area contributed by atoms with Gasteiger partial charge in [0, 0.05) is 33.0 Å². The van der Waals surface area contributed by atoms with E-state index >= 15 is 0 Å². The Labute approximate surface area is 159 Å². The second kappa shape index (κ2) is 9.33. The first-order chi connectivity index (χ1) is 12.9. The molecule has 0 aliphatic heterocycles. The van der Waals surface area contributed by atoms with Crippen LogP contribution in [0.4, 0.5) is 5.69 Å². The third-order valence-electron chi connectivity index (χ3n) is 3.71. The first kappa shape index (κ1) is 20.7. The number of hydrogen-bond acceptors (Lipinski definition) is 6. The summed E-state index contributed by atoms with van der Waals surface area (Å²) < 4.78 is 38.7. The molecular weight excluding hydrogens is 370 g/mol. The van der Waals surface area contributed by atoms with Gasteiger partial charge in [0.1, 0.15) is 16.3 Å². The molecule has 0 saturated carbocycles. The van der Waals surface area contributed by atoms with E-state index in [2.05, 4.69) is 9.71 Å². The standard InChI is InChI=1S/C18H23N3O5S/c1-4-26-16-9-10-19-13-15(16)20-27(23,24)17-8-6-5-7-14(17)18(22)21(2)11-12-25-3/h5-10,13,20H,4,11-12H2,1-3H3.